The summed E-state index contributed by atoms with van der Waals surface area (Å²) in [7, 11) is 1.53. The molecule has 2 heterocycles. The number of benzene rings is 2. The molecule has 7 heteroatoms. The Labute approximate surface area is 173 Å². The summed E-state index contributed by atoms with van der Waals surface area (Å²) in [6, 6.07) is 14.8. The lowest BCUT2D eigenvalue weighted by molar-refractivity contribution is -0.132. The number of amides is 1. The van der Waals surface area contributed by atoms with Gasteiger partial charge in [-0.15, -0.1) is 0 Å². The molecule has 0 spiro atoms. The molecule has 3 aromatic rings. The summed E-state index contributed by atoms with van der Waals surface area (Å²) in [5, 5.41) is 15.0. The Hall–Kier alpha value is -3.87. The van der Waals surface area contributed by atoms with Gasteiger partial charge >= 0.3 is 5.91 Å². The number of nitrogens with zero attached hydrogens (tertiary/aromatic N) is 2. The highest BCUT2D eigenvalue weighted by atomic mass is 16.5. The molecule has 0 bridgehead atoms. The number of aliphatic hydroxyl groups is 1. The van der Waals surface area contributed by atoms with Crippen molar-refractivity contribution in [2.75, 3.05) is 12.0 Å². The van der Waals surface area contributed by atoms with Crippen LogP contribution in [0.2, 0.25) is 0 Å². The largest absolute Gasteiger partial charge is 0.507 e. The fraction of sp³-hybridized carbons (Fsp3) is 0.174. The molecule has 0 unspecified atom stereocenters. The van der Waals surface area contributed by atoms with Gasteiger partial charge in [0, 0.05) is 11.6 Å². The van der Waals surface area contributed by atoms with Crippen LogP contribution >= 0.6 is 0 Å². The van der Waals surface area contributed by atoms with Crippen LogP contribution in [0.1, 0.15) is 28.5 Å². The fourth-order valence-electron chi connectivity index (χ4n) is 3.53. The highest BCUT2D eigenvalue weighted by Crippen LogP contribution is 2.42. The van der Waals surface area contributed by atoms with Gasteiger partial charge in [-0.3, -0.25) is 14.5 Å². The molecule has 30 heavy (non-hydrogen) atoms. The van der Waals surface area contributed by atoms with Crippen LogP contribution in [-0.4, -0.2) is 29.1 Å². The third-order valence-electron chi connectivity index (χ3n) is 5.04. The van der Waals surface area contributed by atoms with Crippen molar-refractivity contribution in [2.24, 2.45) is 0 Å². The van der Waals surface area contributed by atoms with Gasteiger partial charge in [-0.05, 0) is 31.5 Å². The minimum Gasteiger partial charge on any atom is -0.507 e. The minimum absolute atomic E-state index is 0.0160. The van der Waals surface area contributed by atoms with Crippen molar-refractivity contribution >= 4 is 23.3 Å². The first-order valence-corrected chi connectivity index (χ1v) is 9.36. The zero-order valence-electron chi connectivity index (χ0n) is 16.7. The lowest BCUT2D eigenvalue weighted by atomic mass is 9.95. The lowest BCUT2D eigenvalue weighted by Gasteiger charge is -2.23. The highest BCUT2D eigenvalue weighted by molar-refractivity contribution is 6.51. The molecule has 1 N–H and O–H groups in total. The molecule has 0 aliphatic carbocycles. The van der Waals surface area contributed by atoms with E-state index >= 15 is 0 Å². The molecule has 1 atom stereocenters. The molecule has 1 amide bonds. The number of aliphatic hydroxyl groups excluding tert-OH is 1. The average molecular weight is 404 g/mol. The van der Waals surface area contributed by atoms with E-state index in [4.69, 9.17) is 9.26 Å². The molecule has 1 fully saturated rings. The summed E-state index contributed by atoms with van der Waals surface area (Å²) in [5.74, 6) is -0.569. The summed E-state index contributed by atoms with van der Waals surface area (Å²) in [6.07, 6.45) is 0. The smallest absolute Gasteiger partial charge is 0.301 e. The van der Waals surface area contributed by atoms with Gasteiger partial charge in [-0.2, -0.15) is 0 Å². The van der Waals surface area contributed by atoms with E-state index in [1.165, 1.54) is 12.0 Å². The van der Waals surface area contributed by atoms with Gasteiger partial charge in [0.2, 0.25) is 0 Å². The van der Waals surface area contributed by atoms with E-state index in [9.17, 15) is 14.7 Å². The standard InChI is InChI=1S/C23H20N2O5/c1-13-7-9-15(10-8-13)21(26)19-20(16-5-4-6-17(12-16)29-3)25(23(28)22(19)27)18-11-14(2)30-24-18/h4-12,20,26H,1-3H3/t20-/m0/s1. The highest BCUT2D eigenvalue weighted by Gasteiger charge is 2.48. The summed E-state index contributed by atoms with van der Waals surface area (Å²) in [4.78, 5) is 27.2. The molecule has 152 valence electrons. The van der Waals surface area contributed by atoms with Crippen LogP contribution in [0.3, 0.4) is 0 Å². The molecule has 1 saturated heterocycles. The molecule has 1 aromatic heterocycles. The van der Waals surface area contributed by atoms with E-state index in [0.717, 1.165) is 5.56 Å². The van der Waals surface area contributed by atoms with Gasteiger partial charge in [-0.1, -0.05) is 47.1 Å². The number of ether oxygens (including phenoxy) is 1. The lowest BCUT2D eigenvalue weighted by Crippen LogP contribution is -2.29. The van der Waals surface area contributed by atoms with E-state index in [0.29, 0.717) is 22.6 Å². The van der Waals surface area contributed by atoms with Crippen LogP contribution in [0.25, 0.3) is 5.76 Å². The number of methoxy groups -OCH3 is 1. The van der Waals surface area contributed by atoms with Crippen LogP contribution in [0.4, 0.5) is 5.82 Å². The van der Waals surface area contributed by atoms with E-state index in [-0.39, 0.29) is 17.2 Å². The first-order valence-electron chi connectivity index (χ1n) is 9.36. The summed E-state index contributed by atoms with van der Waals surface area (Å²) in [6.45, 7) is 3.62. The van der Waals surface area contributed by atoms with Crippen molar-refractivity contribution in [3.05, 3.63) is 82.6 Å². The third kappa shape index (κ3) is 3.24. The molecule has 1 aliphatic heterocycles. The number of hydrogen-bond donors (Lipinski definition) is 1. The molecular weight excluding hydrogens is 384 g/mol. The van der Waals surface area contributed by atoms with Gasteiger partial charge in [0.05, 0.1) is 18.7 Å². The Kier molecular flexibility index (Phi) is 4.87. The van der Waals surface area contributed by atoms with Crippen LogP contribution < -0.4 is 9.64 Å². The van der Waals surface area contributed by atoms with Gasteiger partial charge in [-0.25, -0.2) is 0 Å². The number of anilines is 1. The Morgan fingerprint density at radius 2 is 1.83 bits per heavy atom. The number of carbonyl (C=O) groups is 2. The van der Waals surface area contributed by atoms with Crippen LogP contribution in [0.5, 0.6) is 5.75 Å². The van der Waals surface area contributed by atoms with Gasteiger partial charge in [0.1, 0.15) is 17.3 Å². The summed E-state index contributed by atoms with van der Waals surface area (Å²) < 4.78 is 10.4. The van der Waals surface area contributed by atoms with Gasteiger partial charge in [0.25, 0.3) is 5.78 Å². The molecule has 7 nitrogen and oxygen atoms in total. The molecule has 1 aliphatic rings. The normalized spacial score (nSPS) is 18.1. The second kappa shape index (κ2) is 7.51. The second-order valence-electron chi connectivity index (χ2n) is 7.11. The Bertz CT molecular complexity index is 1160. The number of carbonyl (C=O) groups excluding carboxylic acids is 2. The third-order valence-corrected chi connectivity index (χ3v) is 5.04. The molecular formula is C23H20N2O5. The van der Waals surface area contributed by atoms with Crippen molar-refractivity contribution in [3.63, 3.8) is 0 Å². The van der Waals surface area contributed by atoms with Crippen LogP contribution in [0, 0.1) is 13.8 Å². The topological polar surface area (TPSA) is 92.9 Å². The predicted molar refractivity (Wildman–Crippen MR) is 110 cm³/mol. The zero-order chi connectivity index (χ0) is 21.4. The number of hydrogen-bond acceptors (Lipinski definition) is 6. The number of aryl methyl sites for hydroxylation is 2. The summed E-state index contributed by atoms with van der Waals surface area (Å²) in [5.41, 5.74) is 2.04. The average Bonchev–Trinajstić information content (AvgIpc) is 3.29. The Morgan fingerprint density at radius 1 is 1.10 bits per heavy atom. The van der Waals surface area contributed by atoms with Crippen molar-refractivity contribution in [2.45, 2.75) is 19.9 Å². The number of ketones is 1. The quantitative estimate of drug-likeness (QED) is 0.402. The number of Topliss-reactive ketones (excluding diaryl/α,β-unsaturated/α-hetero) is 1. The summed E-state index contributed by atoms with van der Waals surface area (Å²) >= 11 is 0. The Morgan fingerprint density at radius 3 is 2.47 bits per heavy atom. The van der Waals surface area contributed by atoms with Crippen molar-refractivity contribution in [1.29, 1.82) is 0 Å². The number of aromatic nitrogens is 1. The predicted octanol–water partition coefficient (Wildman–Crippen LogP) is 3.93. The molecule has 2 aromatic carbocycles. The van der Waals surface area contributed by atoms with Crippen molar-refractivity contribution in [1.82, 2.24) is 5.16 Å². The van der Waals surface area contributed by atoms with Crippen molar-refractivity contribution in [3.8, 4) is 5.75 Å². The van der Waals surface area contributed by atoms with Gasteiger partial charge in [0.15, 0.2) is 5.82 Å². The Balaban J connectivity index is 1.95. The minimum atomic E-state index is -0.883. The van der Waals surface area contributed by atoms with Crippen LogP contribution in [-0.2, 0) is 9.59 Å². The first kappa shape index (κ1) is 19.4. The van der Waals surface area contributed by atoms with E-state index in [2.05, 4.69) is 5.16 Å². The molecule has 4 rings (SSSR count). The van der Waals surface area contributed by atoms with E-state index < -0.39 is 17.7 Å². The van der Waals surface area contributed by atoms with Gasteiger partial charge < -0.3 is 14.4 Å². The monoisotopic (exact) mass is 404 g/mol. The number of rotatable bonds is 4. The SMILES string of the molecule is COc1cccc([C@H]2C(=C(O)c3ccc(C)cc3)C(=O)C(=O)N2c2cc(C)on2)c1. The molecule has 0 saturated carbocycles. The maximum Gasteiger partial charge on any atom is 0.301 e. The zero-order valence-corrected chi connectivity index (χ0v) is 16.7. The second-order valence-corrected chi connectivity index (χ2v) is 7.11. The molecule has 0 radical (unpaired) electrons. The van der Waals surface area contributed by atoms with Crippen molar-refractivity contribution < 1.29 is 24.0 Å². The van der Waals surface area contributed by atoms with E-state index in [1.807, 2.05) is 19.1 Å². The maximum atomic E-state index is 13.0. The first-order chi connectivity index (χ1) is 14.4. The van der Waals surface area contributed by atoms with Crippen LogP contribution in [0.15, 0.2) is 64.7 Å². The van der Waals surface area contributed by atoms with E-state index in [1.54, 1.807) is 49.4 Å². The maximum absolute atomic E-state index is 13.0. The fourth-order valence-corrected chi connectivity index (χ4v) is 3.53.